The molecule has 0 saturated heterocycles. The fourth-order valence-corrected chi connectivity index (χ4v) is 4.16. The number of rotatable bonds is 4. The van der Waals surface area contributed by atoms with Crippen molar-refractivity contribution >= 4 is 0 Å². The lowest BCUT2D eigenvalue weighted by atomic mass is 9.85. The lowest BCUT2D eigenvalue weighted by Gasteiger charge is -2.20. The normalized spacial score (nSPS) is 51.4. The maximum absolute atomic E-state index is 2.45. The second-order valence-electron chi connectivity index (χ2n) is 6.28. The van der Waals surface area contributed by atoms with Gasteiger partial charge >= 0.3 is 0 Å². The van der Waals surface area contributed by atoms with Crippen molar-refractivity contribution in [2.24, 2.45) is 35.5 Å². The molecule has 3 fully saturated rings. The molecule has 0 radical (unpaired) electrons. The quantitative estimate of drug-likeness (QED) is 0.629. The molecule has 3 aliphatic carbocycles. The van der Waals surface area contributed by atoms with Crippen LogP contribution >= 0.6 is 0 Å². The highest BCUT2D eigenvalue weighted by Crippen LogP contribution is 2.59. The number of hydrogen-bond donors (Lipinski definition) is 0. The van der Waals surface area contributed by atoms with E-state index in [-0.39, 0.29) is 0 Å². The maximum atomic E-state index is 2.45. The van der Waals surface area contributed by atoms with Crippen molar-refractivity contribution in [2.75, 3.05) is 0 Å². The van der Waals surface area contributed by atoms with Crippen molar-refractivity contribution in [3.8, 4) is 0 Å². The summed E-state index contributed by atoms with van der Waals surface area (Å²) >= 11 is 0. The van der Waals surface area contributed by atoms with Crippen molar-refractivity contribution in [2.45, 2.75) is 52.4 Å². The zero-order valence-corrected chi connectivity index (χ0v) is 9.71. The van der Waals surface area contributed by atoms with Gasteiger partial charge in [-0.05, 0) is 67.6 Å². The molecule has 3 rings (SSSR count). The SMILES string of the molecule is CCC(CC1CCC2CC12)C1CC1C. The highest BCUT2D eigenvalue weighted by molar-refractivity contribution is 4.99. The van der Waals surface area contributed by atoms with Crippen LogP contribution in [0, 0.1) is 35.5 Å². The van der Waals surface area contributed by atoms with Gasteiger partial charge in [0.15, 0.2) is 0 Å². The molecule has 0 heteroatoms. The summed E-state index contributed by atoms with van der Waals surface area (Å²) in [4.78, 5) is 0. The fraction of sp³-hybridized carbons (Fsp3) is 1.00. The Bertz CT molecular complexity index is 220. The van der Waals surface area contributed by atoms with E-state index in [4.69, 9.17) is 0 Å². The summed E-state index contributed by atoms with van der Waals surface area (Å²) < 4.78 is 0. The summed E-state index contributed by atoms with van der Waals surface area (Å²) in [6.07, 6.45) is 9.33. The first-order valence-electron chi connectivity index (χ1n) is 6.79. The topological polar surface area (TPSA) is 0 Å². The third kappa shape index (κ3) is 1.51. The van der Waals surface area contributed by atoms with E-state index in [0.717, 1.165) is 23.7 Å². The van der Waals surface area contributed by atoms with Crippen LogP contribution in [0.25, 0.3) is 0 Å². The van der Waals surface area contributed by atoms with E-state index in [1.807, 2.05) is 0 Å². The van der Waals surface area contributed by atoms with Crippen LogP contribution < -0.4 is 0 Å². The van der Waals surface area contributed by atoms with Gasteiger partial charge in [-0.1, -0.05) is 20.3 Å². The largest absolute Gasteiger partial charge is 0.0651 e. The summed E-state index contributed by atoms with van der Waals surface area (Å²) in [7, 11) is 0. The van der Waals surface area contributed by atoms with E-state index in [2.05, 4.69) is 13.8 Å². The first-order chi connectivity index (χ1) is 6.79. The Balaban J connectivity index is 1.54. The number of hydrogen-bond acceptors (Lipinski definition) is 0. The van der Waals surface area contributed by atoms with Gasteiger partial charge in [0.25, 0.3) is 0 Å². The number of fused-ring (bicyclic) bond motifs is 1. The Morgan fingerprint density at radius 2 is 2.00 bits per heavy atom. The minimum Gasteiger partial charge on any atom is -0.0651 e. The third-order valence-electron chi connectivity index (χ3n) is 5.40. The summed E-state index contributed by atoms with van der Waals surface area (Å²) in [5.74, 6) is 6.81. The molecule has 3 aliphatic rings. The highest BCUT2D eigenvalue weighted by Gasteiger charge is 2.49. The Hall–Kier alpha value is 0. The van der Waals surface area contributed by atoms with E-state index in [1.54, 1.807) is 32.1 Å². The smallest absolute Gasteiger partial charge is 0.0354 e. The summed E-state index contributed by atoms with van der Waals surface area (Å²) in [6, 6.07) is 0. The predicted octanol–water partition coefficient (Wildman–Crippen LogP) is 4.10. The van der Waals surface area contributed by atoms with E-state index < -0.39 is 0 Å². The first-order valence-corrected chi connectivity index (χ1v) is 6.79. The molecule has 6 unspecified atom stereocenters. The lowest BCUT2D eigenvalue weighted by Crippen LogP contribution is -2.10. The van der Waals surface area contributed by atoms with Crippen LogP contribution in [0.2, 0.25) is 0 Å². The second kappa shape index (κ2) is 3.25. The molecule has 3 saturated carbocycles. The molecular weight excluding hydrogens is 168 g/mol. The van der Waals surface area contributed by atoms with Crippen LogP contribution in [-0.4, -0.2) is 0 Å². The Morgan fingerprint density at radius 3 is 2.43 bits per heavy atom. The molecule has 80 valence electrons. The molecule has 0 heterocycles. The van der Waals surface area contributed by atoms with Crippen molar-refractivity contribution in [1.82, 2.24) is 0 Å². The van der Waals surface area contributed by atoms with Crippen molar-refractivity contribution in [3.05, 3.63) is 0 Å². The van der Waals surface area contributed by atoms with Gasteiger partial charge in [0.05, 0.1) is 0 Å². The Morgan fingerprint density at radius 1 is 1.21 bits per heavy atom. The van der Waals surface area contributed by atoms with Crippen LogP contribution in [0.1, 0.15) is 52.4 Å². The van der Waals surface area contributed by atoms with Gasteiger partial charge in [-0.15, -0.1) is 0 Å². The molecule has 0 aromatic rings. The average molecular weight is 192 g/mol. The van der Waals surface area contributed by atoms with E-state index >= 15 is 0 Å². The molecule has 14 heavy (non-hydrogen) atoms. The summed E-state index contributed by atoms with van der Waals surface area (Å²) in [6.45, 7) is 4.86. The molecule has 0 bridgehead atoms. The van der Waals surface area contributed by atoms with Gasteiger partial charge in [-0.3, -0.25) is 0 Å². The third-order valence-corrected chi connectivity index (χ3v) is 5.40. The van der Waals surface area contributed by atoms with Gasteiger partial charge in [0.2, 0.25) is 0 Å². The zero-order valence-electron chi connectivity index (χ0n) is 9.71. The molecule has 0 aromatic carbocycles. The van der Waals surface area contributed by atoms with Crippen molar-refractivity contribution in [3.63, 3.8) is 0 Å². The first kappa shape index (κ1) is 9.24. The van der Waals surface area contributed by atoms with Crippen LogP contribution in [0.4, 0.5) is 0 Å². The summed E-state index contributed by atoms with van der Waals surface area (Å²) in [5, 5.41) is 0. The molecule has 0 nitrogen and oxygen atoms in total. The van der Waals surface area contributed by atoms with Gasteiger partial charge in [0.1, 0.15) is 0 Å². The highest BCUT2D eigenvalue weighted by atomic mass is 14.5. The lowest BCUT2D eigenvalue weighted by molar-refractivity contribution is 0.302. The van der Waals surface area contributed by atoms with Crippen molar-refractivity contribution in [1.29, 1.82) is 0 Å². The minimum atomic E-state index is 1.07. The van der Waals surface area contributed by atoms with E-state index in [0.29, 0.717) is 0 Å². The van der Waals surface area contributed by atoms with E-state index in [9.17, 15) is 0 Å². The second-order valence-corrected chi connectivity index (χ2v) is 6.28. The standard InChI is InChI=1S/C14H24/c1-3-10(13-6-9(13)2)7-11-4-5-12-8-14(11)12/h9-14H,3-8H2,1-2H3. The monoisotopic (exact) mass is 192 g/mol. The molecule has 6 atom stereocenters. The minimum absolute atomic E-state index is 1.07. The maximum Gasteiger partial charge on any atom is -0.0354 e. The van der Waals surface area contributed by atoms with Crippen LogP contribution in [0.5, 0.6) is 0 Å². The Kier molecular flexibility index (Phi) is 2.15. The molecule has 0 aromatic heterocycles. The molecule has 0 aliphatic heterocycles. The molecule has 0 N–H and O–H groups in total. The molecule has 0 spiro atoms. The fourth-order valence-electron chi connectivity index (χ4n) is 4.16. The molecule has 0 amide bonds. The van der Waals surface area contributed by atoms with Crippen LogP contribution in [0.15, 0.2) is 0 Å². The zero-order chi connectivity index (χ0) is 9.71. The van der Waals surface area contributed by atoms with Crippen molar-refractivity contribution < 1.29 is 0 Å². The Labute approximate surface area is 88.5 Å². The van der Waals surface area contributed by atoms with Gasteiger partial charge < -0.3 is 0 Å². The van der Waals surface area contributed by atoms with Crippen LogP contribution in [0.3, 0.4) is 0 Å². The van der Waals surface area contributed by atoms with Crippen LogP contribution in [-0.2, 0) is 0 Å². The van der Waals surface area contributed by atoms with E-state index in [1.165, 1.54) is 18.3 Å². The average Bonchev–Trinajstić information content (AvgIpc) is 3.07. The van der Waals surface area contributed by atoms with Gasteiger partial charge in [-0.2, -0.15) is 0 Å². The summed E-state index contributed by atoms with van der Waals surface area (Å²) in [5.41, 5.74) is 0. The molecular formula is C14H24. The van der Waals surface area contributed by atoms with Gasteiger partial charge in [-0.25, -0.2) is 0 Å². The van der Waals surface area contributed by atoms with Gasteiger partial charge in [0, 0.05) is 0 Å². The predicted molar refractivity (Wildman–Crippen MR) is 60.0 cm³/mol.